The minimum atomic E-state index is -0.263. The minimum Gasteiger partial charge on any atom is -0.0830 e. The van der Waals surface area contributed by atoms with Crippen LogP contribution in [0.4, 0.5) is 0 Å². The molecule has 1 atom stereocenters. The van der Waals surface area contributed by atoms with Crippen LogP contribution in [0.1, 0.15) is 167 Å². The van der Waals surface area contributed by atoms with Crippen LogP contribution in [0.5, 0.6) is 0 Å². The second kappa shape index (κ2) is 25.0. The normalized spacial score (nSPS) is 15.9. The molecule has 0 spiro atoms. The third kappa shape index (κ3) is 10.8. The van der Waals surface area contributed by atoms with Gasteiger partial charge in [0.25, 0.3) is 0 Å². The van der Waals surface area contributed by atoms with E-state index in [0.29, 0.717) is 5.92 Å². The summed E-state index contributed by atoms with van der Waals surface area (Å²) in [5.41, 5.74) is 28.3. The first kappa shape index (κ1) is 55.0. The van der Waals surface area contributed by atoms with Crippen LogP contribution in [0.15, 0.2) is 230 Å². The molecule has 0 amide bonds. The molecule has 13 rings (SSSR count). The lowest BCUT2D eigenvalue weighted by Gasteiger charge is -2.34. The predicted octanol–water partition coefficient (Wildman–Crippen LogP) is 21.4. The molecule has 5 aliphatic carbocycles. The van der Waals surface area contributed by atoms with Gasteiger partial charge in [0.15, 0.2) is 0 Å². The summed E-state index contributed by atoms with van der Waals surface area (Å²) in [5, 5.41) is 0. The summed E-state index contributed by atoms with van der Waals surface area (Å²) < 4.78 is 0. The molecule has 8 aromatic carbocycles. The van der Waals surface area contributed by atoms with E-state index in [9.17, 15) is 0 Å². The van der Waals surface area contributed by atoms with E-state index in [1.165, 1.54) is 126 Å². The molecule has 5 aliphatic rings. The van der Waals surface area contributed by atoms with Crippen molar-refractivity contribution in [3.63, 3.8) is 0 Å². The molecule has 0 bridgehead atoms. The summed E-state index contributed by atoms with van der Waals surface area (Å²) in [6.45, 7) is 23.7. The molecule has 0 heteroatoms. The van der Waals surface area contributed by atoms with Crippen LogP contribution in [-0.4, -0.2) is 0 Å². The molecule has 0 heterocycles. The Morgan fingerprint density at radius 2 is 1.01 bits per heavy atom. The lowest BCUT2D eigenvalue weighted by atomic mass is 9.67. The number of hydrogen-bond acceptors (Lipinski definition) is 0. The highest BCUT2D eigenvalue weighted by atomic mass is 14.5. The van der Waals surface area contributed by atoms with Gasteiger partial charge in [-0.05, 0) is 135 Å². The highest BCUT2D eigenvalue weighted by Crippen LogP contribution is 2.57. The topological polar surface area (TPSA) is 0 Å². The van der Waals surface area contributed by atoms with Crippen molar-refractivity contribution in [1.82, 2.24) is 0 Å². The van der Waals surface area contributed by atoms with Crippen LogP contribution in [0, 0.1) is 13.8 Å². The standard InChI is InChI=1S/C29H26.C26H20.C13H14.C4H10.2C2H6/c1-18-11-13-19(14-12-18)20-8-6-9-21-22-15-16-27-28(25(22)17-24(20)21)23-7-4-5-10-26(23)29(27,2)3;1-19-16-17-23-22-14-8-9-15-24(22)26(25(23)18-19,20-10-4-2-5-11-20)21-12-6-3-7-13-21;1-11-7-9-13(10-8-11)12-5-3-2-4-6-12;1-3-4-2;2*1-2/h4-7,9-16,20H,8,17H2,1-3H3;2-18H,1H3;2-7,9H,8,10H2,1H3;3-4H2,1-2H3;2*1-2H3. The fourth-order valence-corrected chi connectivity index (χ4v) is 12.1. The third-order valence-electron chi connectivity index (χ3n) is 16.0. The molecule has 0 saturated carbocycles. The van der Waals surface area contributed by atoms with Crippen LogP contribution >= 0.6 is 0 Å². The summed E-state index contributed by atoms with van der Waals surface area (Å²) in [6.07, 6.45) is 16.5. The zero-order chi connectivity index (χ0) is 53.8. The van der Waals surface area contributed by atoms with Crippen molar-refractivity contribution < 1.29 is 0 Å². The van der Waals surface area contributed by atoms with Crippen LogP contribution in [0.25, 0.3) is 33.4 Å². The van der Waals surface area contributed by atoms with E-state index in [1.54, 1.807) is 11.1 Å². The van der Waals surface area contributed by atoms with Crippen molar-refractivity contribution in [3.05, 3.63) is 296 Å². The zero-order valence-electron chi connectivity index (χ0n) is 47.6. The minimum absolute atomic E-state index is 0.0796. The third-order valence-corrected chi connectivity index (χ3v) is 16.0. The Morgan fingerprint density at radius 3 is 1.62 bits per heavy atom. The molecule has 8 aromatic rings. The molecular formula is C76H82. The summed E-state index contributed by atoms with van der Waals surface area (Å²) in [6, 6.07) is 71.2. The van der Waals surface area contributed by atoms with Gasteiger partial charge in [0.05, 0.1) is 5.41 Å². The van der Waals surface area contributed by atoms with Gasteiger partial charge in [0, 0.05) is 11.3 Å². The first-order valence-corrected chi connectivity index (χ1v) is 28.6. The zero-order valence-corrected chi connectivity index (χ0v) is 47.6. The van der Waals surface area contributed by atoms with Gasteiger partial charge in [0.1, 0.15) is 0 Å². The maximum Gasteiger partial charge on any atom is 0.0713 e. The van der Waals surface area contributed by atoms with Crippen molar-refractivity contribution in [2.45, 2.75) is 131 Å². The summed E-state index contributed by atoms with van der Waals surface area (Å²) in [5.74, 6) is 0.503. The van der Waals surface area contributed by atoms with E-state index in [1.807, 2.05) is 27.7 Å². The van der Waals surface area contributed by atoms with Crippen molar-refractivity contribution in [1.29, 1.82) is 0 Å². The Morgan fingerprint density at radius 1 is 0.474 bits per heavy atom. The van der Waals surface area contributed by atoms with E-state index in [-0.39, 0.29) is 10.8 Å². The molecule has 386 valence electrons. The average molecular weight is 995 g/mol. The Kier molecular flexibility index (Phi) is 18.1. The number of rotatable bonds is 5. The Hall–Kier alpha value is -7.28. The second-order valence-electron chi connectivity index (χ2n) is 21.0. The van der Waals surface area contributed by atoms with E-state index in [2.05, 4.69) is 267 Å². The van der Waals surface area contributed by atoms with E-state index < -0.39 is 0 Å². The van der Waals surface area contributed by atoms with E-state index in [4.69, 9.17) is 0 Å². The number of hydrogen-bond donors (Lipinski definition) is 0. The van der Waals surface area contributed by atoms with Crippen molar-refractivity contribution in [2.75, 3.05) is 0 Å². The molecule has 0 fully saturated rings. The van der Waals surface area contributed by atoms with Crippen LogP contribution in [0.2, 0.25) is 0 Å². The Labute approximate surface area is 458 Å². The second-order valence-corrected chi connectivity index (χ2v) is 21.0. The number of fused-ring (bicyclic) bond motifs is 9. The van der Waals surface area contributed by atoms with Gasteiger partial charge in [-0.15, -0.1) is 0 Å². The molecule has 1 unspecified atom stereocenters. The first-order chi connectivity index (χ1) is 37.1. The van der Waals surface area contributed by atoms with E-state index in [0.717, 1.165) is 12.8 Å². The SMILES string of the molecule is CC.CC.CC1=CC=C(c2ccccc2)CC1.CCCC.Cc1ccc(C2CC=CC3=C2Cc2c3ccc3c2-c2ccccc2C3(C)C)cc1.Cc1ccc2c(c1)C(c1ccccc1)(c1ccccc1)c1ccccc1-2. The average Bonchev–Trinajstić information content (AvgIpc) is 4.29. The number of unbranched alkanes of at least 4 members (excludes halogenated alkanes) is 1. The number of allylic oxidation sites excluding steroid dienone is 8. The molecule has 0 aliphatic heterocycles. The monoisotopic (exact) mass is 995 g/mol. The van der Waals surface area contributed by atoms with Gasteiger partial charge in [-0.25, -0.2) is 0 Å². The quantitative estimate of drug-likeness (QED) is 0.161. The molecule has 0 nitrogen and oxygen atoms in total. The lowest BCUT2D eigenvalue weighted by Crippen LogP contribution is -2.28. The molecule has 0 radical (unpaired) electrons. The maximum atomic E-state index is 2.40. The van der Waals surface area contributed by atoms with Crippen LogP contribution in [0.3, 0.4) is 0 Å². The van der Waals surface area contributed by atoms with Gasteiger partial charge in [-0.2, -0.15) is 0 Å². The van der Waals surface area contributed by atoms with Crippen molar-refractivity contribution in [3.8, 4) is 22.3 Å². The molecule has 0 N–H and O–H groups in total. The lowest BCUT2D eigenvalue weighted by molar-refractivity contribution is 0.660. The predicted molar refractivity (Wildman–Crippen MR) is 331 cm³/mol. The first-order valence-electron chi connectivity index (χ1n) is 28.6. The maximum absolute atomic E-state index is 2.40. The fraction of sp³-hybridized carbons (Fsp3) is 0.263. The van der Waals surface area contributed by atoms with Gasteiger partial charge in [-0.1, -0.05) is 309 Å². The largest absolute Gasteiger partial charge is 0.0830 e. The van der Waals surface area contributed by atoms with Crippen LogP contribution in [-0.2, 0) is 17.3 Å². The highest BCUT2D eigenvalue weighted by Gasteiger charge is 2.46. The highest BCUT2D eigenvalue weighted by molar-refractivity contribution is 5.94. The number of aryl methyl sites for hydroxylation is 2. The number of benzene rings is 8. The molecular weight excluding hydrogens is 913 g/mol. The Balaban J connectivity index is 0.000000149. The smallest absolute Gasteiger partial charge is 0.0713 e. The van der Waals surface area contributed by atoms with E-state index >= 15 is 0 Å². The summed E-state index contributed by atoms with van der Waals surface area (Å²) in [7, 11) is 0. The molecule has 76 heavy (non-hydrogen) atoms. The van der Waals surface area contributed by atoms with Gasteiger partial charge < -0.3 is 0 Å². The molecule has 0 saturated heterocycles. The molecule has 0 aromatic heterocycles. The van der Waals surface area contributed by atoms with Gasteiger partial charge in [0.2, 0.25) is 0 Å². The summed E-state index contributed by atoms with van der Waals surface area (Å²) >= 11 is 0. The van der Waals surface area contributed by atoms with Gasteiger partial charge in [-0.3, -0.25) is 0 Å². The van der Waals surface area contributed by atoms with Gasteiger partial charge >= 0.3 is 0 Å². The summed E-state index contributed by atoms with van der Waals surface area (Å²) in [4.78, 5) is 0. The Bertz CT molecular complexity index is 3290. The fourth-order valence-electron chi connectivity index (χ4n) is 12.1. The van der Waals surface area contributed by atoms with Crippen molar-refractivity contribution in [2.24, 2.45) is 0 Å². The van der Waals surface area contributed by atoms with Crippen LogP contribution < -0.4 is 0 Å². The van der Waals surface area contributed by atoms with Crippen molar-refractivity contribution >= 4 is 11.1 Å².